The lowest BCUT2D eigenvalue weighted by atomic mass is 10.1. The van der Waals surface area contributed by atoms with Gasteiger partial charge in [-0.25, -0.2) is 9.97 Å². The number of nitrogens with zero attached hydrogens (tertiary/aromatic N) is 4. The van der Waals surface area contributed by atoms with Crippen molar-refractivity contribution in [3.63, 3.8) is 0 Å². The van der Waals surface area contributed by atoms with Crippen LogP contribution in [0.5, 0.6) is 0 Å². The van der Waals surface area contributed by atoms with E-state index in [1.54, 1.807) is 24.1 Å². The SMILES string of the molecule is CNC(=O)CCCCCC(NC(=O)c1cnc(C)s1)c1ncc(-c2ccc(-c3ccn(C)n3)cc2)o1. The number of hydrogen-bond donors (Lipinski definition) is 2. The number of oxazole rings is 1. The minimum atomic E-state index is -0.388. The molecule has 1 aromatic carbocycles. The van der Waals surface area contributed by atoms with Gasteiger partial charge in [-0.1, -0.05) is 37.1 Å². The second-order valence-electron chi connectivity index (χ2n) is 8.56. The molecule has 10 heteroatoms. The maximum absolute atomic E-state index is 12.8. The fraction of sp³-hybridized carbons (Fsp3) is 0.346. The van der Waals surface area contributed by atoms with Crippen LogP contribution in [0.1, 0.15) is 58.7 Å². The number of nitrogens with one attached hydrogen (secondary N) is 2. The summed E-state index contributed by atoms with van der Waals surface area (Å²) in [6, 6.07) is 9.52. The first-order valence-corrected chi connectivity index (χ1v) is 12.7. The smallest absolute Gasteiger partial charge is 0.263 e. The Balaban J connectivity index is 1.46. The molecule has 2 N–H and O–H groups in total. The molecule has 3 aromatic heterocycles. The lowest BCUT2D eigenvalue weighted by Gasteiger charge is -2.15. The molecule has 0 saturated carbocycles. The Hall–Kier alpha value is -3.79. The molecule has 0 bridgehead atoms. The number of rotatable bonds is 11. The third kappa shape index (κ3) is 6.45. The van der Waals surface area contributed by atoms with Gasteiger partial charge in [-0.2, -0.15) is 5.10 Å². The van der Waals surface area contributed by atoms with Crippen LogP contribution in [0.4, 0.5) is 0 Å². The molecular weight excluding hydrogens is 476 g/mol. The van der Waals surface area contributed by atoms with Gasteiger partial charge in [0.25, 0.3) is 5.91 Å². The largest absolute Gasteiger partial charge is 0.438 e. The lowest BCUT2D eigenvalue weighted by Crippen LogP contribution is -2.28. The van der Waals surface area contributed by atoms with E-state index >= 15 is 0 Å². The van der Waals surface area contributed by atoms with Gasteiger partial charge in [0.1, 0.15) is 10.9 Å². The number of amides is 2. The van der Waals surface area contributed by atoms with Crippen LogP contribution in [0.3, 0.4) is 0 Å². The van der Waals surface area contributed by atoms with Crippen LogP contribution >= 0.6 is 11.3 Å². The quantitative estimate of drug-likeness (QED) is 0.286. The zero-order valence-electron chi connectivity index (χ0n) is 20.7. The molecule has 0 aliphatic carbocycles. The maximum Gasteiger partial charge on any atom is 0.263 e. The van der Waals surface area contributed by atoms with Crippen LogP contribution in [0, 0.1) is 6.92 Å². The number of carbonyl (C=O) groups excluding carboxylic acids is 2. The van der Waals surface area contributed by atoms with Gasteiger partial charge in [0, 0.05) is 37.8 Å². The molecule has 1 unspecified atom stereocenters. The highest BCUT2D eigenvalue weighted by atomic mass is 32.1. The summed E-state index contributed by atoms with van der Waals surface area (Å²) in [5.41, 5.74) is 2.81. The molecule has 0 fully saturated rings. The molecule has 0 aliphatic rings. The first-order valence-electron chi connectivity index (χ1n) is 11.9. The van der Waals surface area contributed by atoms with Gasteiger partial charge in [-0.3, -0.25) is 14.3 Å². The zero-order valence-corrected chi connectivity index (χ0v) is 21.5. The zero-order chi connectivity index (χ0) is 25.5. The normalized spacial score (nSPS) is 11.9. The first-order chi connectivity index (χ1) is 17.4. The van der Waals surface area contributed by atoms with E-state index < -0.39 is 0 Å². The minimum Gasteiger partial charge on any atom is -0.438 e. The highest BCUT2D eigenvalue weighted by Crippen LogP contribution is 2.28. The van der Waals surface area contributed by atoms with Crippen LogP contribution in [0.15, 0.2) is 53.3 Å². The average Bonchev–Trinajstić information content (AvgIpc) is 3.64. The number of aromatic nitrogens is 4. The molecule has 0 spiro atoms. The molecule has 4 rings (SSSR count). The summed E-state index contributed by atoms with van der Waals surface area (Å²) < 4.78 is 7.88. The Labute approximate surface area is 214 Å². The van der Waals surface area contributed by atoms with E-state index in [9.17, 15) is 9.59 Å². The highest BCUT2D eigenvalue weighted by molar-refractivity contribution is 7.13. The number of carbonyl (C=O) groups is 2. The summed E-state index contributed by atoms with van der Waals surface area (Å²) in [6.07, 6.45) is 8.79. The van der Waals surface area contributed by atoms with Crippen molar-refractivity contribution in [3.8, 4) is 22.6 Å². The molecule has 0 saturated heterocycles. The van der Waals surface area contributed by atoms with Gasteiger partial charge in [0.05, 0.1) is 23.1 Å². The topological polar surface area (TPSA) is 115 Å². The lowest BCUT2D eigenvalue weighted by molar-refractivity contribution is -0.120. The Morgan fingerprint density at radius 1 is 1.06 bits per heavy atom. The van der Waals surface area contributed by atoms with Crippen LogP contribution in [0.2, 0.25) is 0 Å². The second kappa shape index (κ2) is 11.8. The van der Waals surface area contributed by atoms with Crippen molar-refractivity contribution in [2.24, 2.45) is 7.05 Å². The first kappa shape index (κ1) is 25.3. The van der Waals surface area contributed by atoms with Crippen molar-refractivity contribution in [1.82, 2.24) is 30.4 Å². The molecular formula is C26H30N6O3S. The van der Waals surface area contributed by atoms with Crippen molar-refractivity contribution >= 4 is 23.2 Å². The molecule has 1 atom stereocenters. The summed E-state index contributed by atoms with van der Waals surface area (Å²) in [6.45, 7) is 1.87. The van der Waals surface area contributed by atoms with Crippen molar-refractivity contribution in [3.05, 3.63) is 64.7 Å². The molecule has 0 radical (unpaired) electrons. The summed E-state index contributed by atoms with van der Waals surface area (Å²) >= 11 is 1.35. The molecule has 188 valence electrons. The monoisotopic (exact) mass is 506 g/mol. The van der Waals surface area contributed by atoms with Crippen LogP contribution < -0.4 is 10.6 Å². The van der Waals surface area contributed by atoms with Gasteiger partial charge in [-0.05, 0) is 25.8 Å². The van der Waals surface area contributed by atoms with E-state index in [0.29, 0.717) is 29.4 Å². The summed E-state index contributed by atoms with van der Waals surface area (Å²) in [5.74, 6) is 0.923. The molecule has 2 amide bonds. The maximum atomic E-state index is 12.8. The number of benzene rings is 1. The molecule has 4 aromatic rings. The third-order valence-corrected chi connectivity index (χ3v) is 6.74. The number of aryl methyl sites for hydroxylation is 2. The highest BCUT2D eigenvalue weighted by Gasteiger charge is 2.22. The van der Waals surface area contributed by atoms with E-state index in [1.165, 1.54) is 11.3 Å². The van der Waals surface area contributed by atoms with E-state index in [-0.39, 0.29) is 17.9 Å². The Morgan fingerprint density at radius 2 is 1.83 bits per heavy atom. The summed E-state index contributed by atoms with van der Waals surface area (Å²) in [4.78, 5) is 33.5. The van der Waals surface area contributed by atoms with Gasteiger partial charge in [0.2, 0.25) is 11.8 Å². The standard InChI is InChI=1S/C26H30N6O3S/c1-17-28-16-23(36-17)25(34)30-21(7-5-4-6-8-24(33)27-2)26-29-15-22(35-26)19-11-9-18(10-12-19)20-13-14-32(3)31-20/h9-16,21H,4-8H2,1-3H3,(H,27,33)(H,30,34). The second-order valence-corrected chi connectivity index (χ2v) is 9.79. The van der Waals surface area contributed by atoms with E-state index in [1.807, 2.05) is 50.5 Å². The minimum absolute atomic E-state index is 0.0341. The molecule has 36 heavy (non-hydrogen) atoms. The number of unbranched alkanes of at least 4 members (excludes halogenated alkanes) is 2. The third-order valence-electron chi connectivity index (χ3n) is 5.83. The Morgan fingerprint density at radius 3 is 2.50 bits per heavy atom. The van der Waals surface area contributed by atoms with E-state index in [4.69, 9.17) is 4.42 Å². The predicted molar refractivity (Wildman–Crippen MR) is 138 cm³/mol. The Bertz CT molecular complexity index is 1310. The van der Waals surface area contributed by atoms with Gasteiger partial charge < -0.3 is 15.1 Å². The number of thiazole rings is 1. The summed E-state index contributed by atoms with van der Waals surface area (Å²) in [5, 5.41) is 11.0. The van der Waals surface area contributed by atoms with E-state index in [2.05, 4.69) is 25.7 Å². The summed E-state index contributed by atoms with van der Waals surface area (Å²) in [7, 11) is 3.53. The Kier molecular flexibility index (Phi) is 8.27. The van der Waals surface area contributed by atoms with E-state index in [0.717, 1.165) is 41.1 Å². The average molecular weight is 507 g/mol. The van der Waals surface area contributed by atoms with Gasteiger partial charge in [0.15, 0.2) is 5.76 Å². The predicted octanol–water partition coefficient (Wildman–Crippen LogP) is 4.67. The van der Waals surface area contributed by atoms with Gasteiger partial charge >= 0.3 is 0 Å². The molecule has 0 aliphatic heterocycles. The van der Waals surface area contributed by atoms with Crippen molar-refractivity contribution < 1.29 is 14.0 Å². The number of hydrogen-bond acceptors (Lipinski definition) is 7. The van der Waals surface area contributed by atoms with Gasteiger partial charge in [-0.15, -0.1) is 11.3 Å². The van der Waals surface area contributed by atoms with Crippen LogP contribution in [-0.4, -0.2) is 38.6 Å². The van der Waals surface area contributed by atoms with Crippen LogP contribution in [0.25, 0.3) is 22.6 Å². The fourth-order valence-electron chi connectivity index (χ4n) is 3.85. The van der Waals surface area contributed by atoms with Crippen molar-refractivity contribution in [1.29, 1.82) is 0 Å². The molecule has 3 heterocycles. The molecule has 9 nitrogen and oxygen atoms in total. The van der Waals surface area contributed by atoms with Crippen LogP contribution in [-0.2, 0) is 11.8 Å². The van der Waals surface area contributed by atoms with Crippen molar-refractivity contribution in [2.45, 2.75) is 45.1 Å². The van der Waals surface area contributed by atoms with Crippen molar-refractivity contribution in [2.75, 3.05) is 7.05 Å². The fourth-order valence-corrected chi connectivity index (χ4v) is 4.53.